The second kappa shape index (κ2) is 20.8. The largest absolute Gasteiger partial charge is 1.00 e. The maximum Gasteiger partial charge on any atom is 1.00 e. The van der Waals surface area contributed by atoms with Crippen molar-refractivity contribution in [2.75, 3.05) is 0 Å². The van der Waals surface area contributed by atoms with Crippen LogP contribution < -0.4 is 51.4 Å². The fourth-order valence-electron chi connectivity index (χ4n) is 3.43. The molecule has 27 heavy (non-hydrogen) atoms. The molecule has 0 aromatic carbocycles. The molecule has 0 aliphatic heterocycles. The summed E-state index contributed by atoms with van der Waals surface area (Å²) < 4.78 is 34.2. The van der Waals surface area contributed by atoms with E-state index in [2.05, 4.69) is 6.92 Å². The van der Waals surface area contributed by atoms with Crippen LogP contribution in [0.1, 0.15) is 123 Å². The van der Waals surface area contributed by atoms with Gasteiger partial charge in [0.15, 0.2) is 0 Å². The van der Waals surface area contributed by atoms with Gasteiger partial charge in [-0.15, -0.1) is 0 Å². The molecule has 0 aromatic heterocycles. The van der Waals surface area contributed by atoms with Gasteiger partial charge in [-0.3, -0.25) is 0 Å². The van der Waals surface area contributed by atoms with E-state index in [9.17, 15) is 18.1 Å². The first-order valence-corrected chi connectivity index (χ1v) is 12.5. The average Bonchev–Trinajstić information content (AvgIpc) is 2.59. The maximum atomic E-state index is 11.4. The number of hydrogen-bond donors (Lipinski definition) is 1. The van der Waals surface area contributed by atoms with Crippen LogP contribution in [-0.2, 0) is 10.1 Å². The Kier molecular flexibility index (Phi) is 23.6. The zero-order chi connectivity index (χ0) is 19.7. The van der Waals surface area contributed by atoms with Crippen LogP contribution in [0.5, 0.6) is 0 Å². The molecule has 0 fully saturated rings. The van der Waals surface area contributed by atoms with E-state index >= 15 is 0 Å². The Morgan fingerprint density at radius 1 is 0.704 bits per heavy atom. The number of hydrogen-bond acceptors (Lipinski definition) is 4. The fraction of sp³-hybridized carbons (Fsp3) is 1.00. The summed E-state index contributed by atoms with van der Waals surface area (Å²) >= 11 is 0. The smallest absolute Gasteiger partial charge is 0.748 e. The zero-order valence-corrected chi connectivity index (χ0v) is 22.2. The van der Waals surface area contributed by atoms with Crippen LogP contribution in [0.4, 0.5) is 0 Å². The van der Waals surface area contributed by atoms with E-state index in [1.807, 2.05) is 6.92 Å². The van der Waals surface area contributed by atoms with Crippen molar-refractivity contribution in [1.82, 2.24) is 0 Å². The Labute approximate surface area is 211 Å². The van der Waals surface area contributed by atoms with Gasteiger partial charge in [0.1, 0.15) is 0 Å². The Balaban J connectivity index is 0. The minimum Gasteiger partial charge on any atom is -0.748 e. The third kappa shape index (κ3) is 20.6. The molecular formula is C21H43KO4S. The van der Waals surface area contributed by atoms with Crippen LogP contribution in [-0.4, -0.2) is 29.4 Å². The number of unbranched alkanes of at least 4 members (excludes halogenated alkanes) is 11. The van der Waals surface area contributed by atoms with Gasteiger partial charge in [-0.2, -0.15) is 0 Å². The van der Waals surface area contributed by atoms with E-state index in [1.165, 1.54) is 38.5 Å². The topological polar surface area (TPSA) is 77.4 Å². The van der Waals surface area contributed by atoms with E-state index in [1.54, 1.807) is 0 Å². The molecule has 0 aliphatic carbocycles. The zero-order valence-electron chi connectivity index (χ0n) is 18.3. The minimum absolute atomic E-state index is 0. The molecule has 0 heterocycles. The average molecular weight is 431 g/mol. The second-order valence-corrected chi connectivity index (χ2v) is 9.44. The van der Waals surface area contributed by atoms with Crippen molar-refractivity contribution in [3.8, 4) is 0 Å². The maximum absolute atomic E-state index is 11.4. The van der Waals surface area contributed by atoms with Gasteiger partial charge >= 0.3 is 51.4 Å². The van der Waals surface area contributed by atoms with Crippen molar-refractivity contribution in [2.24, 2.45) is 0 Å². The van der Waals surface area contributed by atoms with Crippen molar-refractivity contribution < 1.29 is 69.5 Å². The normalized spacial score (nSPS) is 13.9. The third-order valence-corrected chi connectivity index (χ3v) is 6.61. The summed E-state index contributed by atoms with van der Waals surface area (Å²) in [6.07, 6.45) is 17.0. The quantitative estimate of drug-likeness (QED) is 0.194. The molecule has 0 saturated heterocycles. The molecule has 158 valence electrons. The molecule has 0 aliphatic rings. The molecule has 4 nitrogen and oxygen atoms in total. The second-order valence-electron chi connectivity index (χ2n) is 7.79. The van der Waals surface area contributed by atoms with Crippen molar-refractivity contribution in [3.63, 3.8) is 0 Å². The summed E-state index contributed by atoms with van der Waals surface area (Å²) in [5, 5.41) is 8.81. The summed E-state index contributed by atoms with van der Waals surface area (Å²) in [5.74, 6) is 0. The van der Waals surface area contributed by atoms with Gasteiger partial charge in [0, 0.05) is 5.25 Å². The Hall–Kier alpha value is 1.51. The number of aliphatic hydroxyl groups is 1. The molecule has 0 aromatic rings. The Bertz CT molecular complexity index is 401. The van der Waals surface area contributed by atoms with Gasteiger partial charge < -0.3 is 9.66 Å². The molecule has 0 rings (SSSR count). The third-order valence-electron chi connectivity index (χ3n) is 5.32. The van der Waals surface area contributed by atoms with E-state index in [-0.39, 0.29) is 57.5 Å². The predicted molar refractivity (Wildman–Crippen MR) is 109 cm³/mol. The Morgan fingerprint density at radius 3 is 1.44 bits per heavy atom. The van der Waals surface area contributed by atoms with E-state index in [4.69, 9.17) is 0 Å². The molecule has 0 spiro atoms. The minimum atomic E-state index is -4.15. The Morgan fingerprint density at radius 2 is 1.07 bits per heavy atom. The predicted octanol–water partition coefficient (Wildman–Crippen LogP) is 2.94. The summed E-state index contributed by atoms with van der Waals surface area (Å²) in [6, 6.07) is 0. The first kappa shape index (κ1) is 30.7. The molecule has 0 saturated carbocycles. The van der Waals surface area contributed by atoms with Crippen LogP contribution in [0.25, 0.3) is 0 Å². The van der Waals surface area contributed by atoms with Gasteiger partial charge in [0.25, 0.3) is 0 Å². The van der Waals surface area contributed by atoms with Crippen molar-refractivity contribution in [2.45, 2.75) is 134 Å². The molecule has 2 unspecified atom stereocenters. The van der Waals surface area contributed by atoms with E-state index in [0.29, 0.717) is 12.8 Å². The number of aliphatic hydroxyl groups excluding tert-OH is 1. The first-order valence-electron chi connectivity index (χ1n) is 11.0. The first-order chi connectivity index (χ1) is 12.4. The summed E-state index contributed by atoms with van der Waals surface area (Å²) in [7, 11) is -4.15. The van der Waals surface area contributed by atoms with Crippen molar-refractivity contribution in [1.29, 1.82) is 0 Å². The van der Waals surface area contributed by atoms with Gasteiger partial charge in [-0.05, 0) is 25.7 Å². The monoisotopic (exact) mass is 430 g/mol. The van der Waals surface area contributed by atoms with Gasteiger partial charge in [-0.1, -0.05) is 97.3 Å². The van der Waals surface area contributed by atoms with E-state index < -0.39 is 15.4 Å². The van der Waals surface area contributed by atoms with Gasteiger partial charge in [-0.25, -0.2) is 8.42 Å². The van der Waals surface area contributed by atoms with Crippen molar-refractivity contribution in [3.05, 3.63) is 0 Å². The van der Waals surface area contributed by atoms with Crippen molar-refractivity contribution >= 4 is 10.1 Å². The fourth-order valence-corrected chi connectivity index (χ4v) is 4.34. The molecule has 0 bridgehead atoms. The summed E-state index contributed by atoms with van der Waals surface area (Å²) in [6.45, 7) is 4.17. The van der Waals surface area contributed by atoms with Gasteiger partial charge in [0.05, 0.1) is 16.2 Å². The summed E-state index contributed by atoms with van der Waals surface area (Å²) in [5.41, 5.74) is 0. The molecule has 6 heteroatoms. The molecule has 0 radical (unpaired) electrons. The molecule has 2 atom stereocenters. The molecule has 1 N–H and O–H groups in total. The number of rotatable bonds is 19. The van der Waals surface area contributed by atoms with Gasteiger partial charge in [0.2, 0.25) is 0 Å². The van der Waals surface area contributed by atoms with Crippen LogP contribution in [0.2, 0.25) is 0 Å². The van der Waals surface area contributed by atoms with Crippen LogP contribution in [0, 0.1) is 0 Å². The van der Waals surface area contributed by atoms with Crippen LogP contribution >= 0.6 is 0 Å². The molecule has 0 amide bonds. The van der Waals surface area contributed by atoms with Crippen LogP contribution in [0.3, 0.4) is 0 Å². The van der Waals surface area contributed by atoms with E-state index in [0.717, 1.165) is 57.8 Å². The summed E-state index contributed by atoms with van der Waals surface area (Å²) in [4.78, 5) is 0. The molecular weight excluding hydrogens is 387 g/mol. The standard InChI is InChI=1S/C21H44O4S.K/c1-3-5-6-11-15-18-21(26(23,24)25)19-16-13-10-8-7-9-12-14-17-20(22)4-2;/h20-22H,3-19H2,1-2H3,(H,23,24,25);/q;+1/p-1. The van der Waals surface area contributed by atoms with Crippen LogP contribution in [0.15, 0.2) is 0 Å². The SMILES string of the molecule is CCCCCCCC(CCCCCCCCCCC(O)CC)S(=O)(=O)[O-].[K+].